The molecule has 0 aromatic carbocycles. The molecule has 0 aromatic heterocycles. The number of hydrogen-bond donors (Lipinski definition) is 1. The molecule has 1 rings (SSSR count). The van der Waals surface area contributed by atoms with Crippen molar-refractivity contribution < 1.29 is 5.11 Å². The first-order valence-electron chi connectivity index (χ1n) is 4.73. The zero-order valence-electron chi connectivity index (χ0n) is 7.42. The molecular formula is C9H19NO. The lowest BCUT2D eigenvalue weighted by Gasteiger charge is -2.34. The lowest BCUT2D eigenvalue weighted by molar-refractivity contribution is 0.0904. The van der Waals surface area contributed by atoms with Gasteiger partial charge in [0.1, 0.15) is 0 Å². The van der Waals surface area contributed by atoms with Crippen LogP contribution in [0.25, 0.3) is 0 Å². The average molecular weight is 157 g/mol. The SMILES string of the molecule is CCCN1CCCCC1CO. The van der Waals surface area contributed by atoms with E-state index in [1.54, 1.807) is 0 Å². The molecule has 0 aliphatic carbocycles. The molecule has 0 spiro atoms. The average Bonchev–Trinajstić information content (AvgIpc) is 2.06. The van der Waals surface area contributed by atoms with Crippen LogP contribution in [0.3, 0.4) is 0 Å². The number of aliphatic hydroxyl groups excluding tert-OH is 1. The molecule has 2 heteroatoms. The Morgan fingerprint density at radius 2 is 2.27 bits per heavy atom. The predicted octanol–water partition coefficient (Wildman–Crippen LogP) is 1.24. The van der Waals surface area contributed by atoms with Crippen molar-refractivity contribution in [2.45, 2.75) is 38.6 Å². The summed E-state index contributed by atoms with van der Waals surface area (Å²) in [6, 6.07) is 0.462. The minimum atomic E-state index is 0.347. The minimum absolute atomic E-state index is 0.347. The maximum Gasteiger partial charge on any atom is 0.0586 e. The third-order valence-corrected chi connectivity index (χ3v) is 2.47. The summed E-state index contributed by atoms with van der Waals surface area (Å²) >= 11 is 0. The highest BCUT2D eigenvalue weighted by Gasteiger charge is 2.19. The topological polar surface area (TPSA) is 23.5 Å². The Bertz CT molecular complexity index is 104. The van der Waals surface area contributed by atoms with Crippen molar-refractivity contribution in [3.63, 3.8) is 0 Å². The van der Waals surface area contributed by atoms with Gasteiger partial charge in [0.05, 0.1) is 6.61 Å². The number of likely N-dealkylation sites (tertiary alicyclic amines) is 1. The zero-order chi connectivity index (χ0) is 8.10. The number of piperidine rings is 1. The minimum Gasteiger partial charge on any atom is -0.395 e. The van der Waals surface area contributed by atoms with Gasteiger partial charge in [0, 0.05) is 6.04 Å². The van der Waals surface area contributed by atoms with Crippen molar-refractivity contribution >= 4 is 0 Å². The van der Waals surface area contributed by atoms with E-state index in [1.165, 1.54) is 32.2 Å². The molecule has 1 atom stereocenters. The highest BCUT2D eigenvalue weighted by Crippen LogP contribution is 2.16. The van der Waals surface area contributed by atoms with Crippen molar-refractivity contribution in [2.24, 2.45) is 0 Å². The molecule has 1 fully saturated rings. The van der Waals surface area contributed by atoms with Crippen molar-refractivity contribution in [1.82, 2.24) is 4.90 Å². The van der Waals surface area contributed by atoms with Gasteiger partial charge in [-0.1, -0.05) is 13.3 Å². The maximum absolute atomic E-state index is 9.05. The van der Waals surface area contributed by atoms with E-state index in [0.717, 1.165) is 6.54 Å². The monoisotopic (exact) mass is 157 g/mol. The second kappa shape index (κ2) is 4.73. The van der Waals surface area contributed by atoms with Crippen molar-refractivity contribution in [3.8, 4) is 0 Å². The molecule has 11 heavy (non-hydrogen) atoms. The molecule has 0 saturated carbocycles. The lowest BCUT2D eigenvalue weighted by Crippen LogP contribution is -2.42. The number of rotatable bonds is 3. The fourth-order valence-corrected chi connectivity index (χ4v) is 1.85. The Morgan fingerprint density at radius 3 is 2.91 bits per heavy atom. The fourth-order valence-electron chi connectivity index (χ4n) is 1.85. The molecule has 1 saturated heterocycles. The quantitative estimate of drug-likeness (QED) is 0.666. The van der Waals surface area contributed by atoms with Gasteiger partial charge < -0.3 is 5.11 Å². The van der Waals surface area contributed by atoms with Crippen LogP contribution in [0.15, 0.2) is 0 Å². The summed E-state index contributed by atoms with van der Waals surface area (Å²) in [6.07, 6.45) is 5.01. The first-order valence-corrected chi connectivity index (χ1v) is 4.73. The molecule has 2 nitrogen and oxygen atoms in total. The summed E-state index contributed by atoms with van der Waals surface area (Å²) in [5.41, 5.74) is 0. The van der Waals surface area contributed by atoms with Crippen LogP contribution in [-0.4, -0.2) is 35.7 Å². The molecule has 0 amide bonds. The Labute approximate surface area is 69.2 Å². The first-order chi connectivity index (χ1) is 5.38. The van der Waals surface area contributed by atoms with Gasteiger partial charge in [-0.3, -0.25) is 4.90 Å². The van der Waals surface area contributed by atoms with E-state index in [1.807, 2.05) is 0 Å². The molecular weight excluding hydrogens is 138 g/mol. The molecule has 1 aliphatic rings. The largest absolute Gasteiger partial charge is 0.395 e. The van der Waals surface area contributed by atoms with E-state index < -0.39 is 0 Å². The third kappa shape index (κ3) is 2.46. The Morgan fingerprint density at radius 1 is 1.45 bits per heavy atom. The van der Waals surface area contributed by atoms with E-state index in [-0.39, 0.29) is 0 Å². The van der Waals surface area contributed by atoms with E-state index in [9.17, 15) is 0 Å². The van der Waals surface area contributed by atoms with Crippen LogP contribution in [0.5, 0.6) is 0 Å². The van der Waals surface area contributed by atoms with Crippen LogP contribution in [0, 0.1) is 0 Å². The summed E-state index contributed by atoms with van der Waals surface area (Å²) in [4.78, 5) is 2.42. The Hall–Kier alpha value is -0.0800. The van der Waals surface area contributed by atoms with Crippen LogP contribution in [0.1, 0.15) is 32.6 Å². The lowest BCUT2D eigenvalue weighted by atomic mass is 10.0. The fraction of sp³-hybridized carbons (Fsp3) is 1.00. The van der Waals surface area contributed by atoms with Gasteiger partial charge in [-0.15, -0.1) is 0 Å². The summed E-state index contributed by atoms with van der Waals surface area (Å²) in [5.74, 6) is 0. The smallest absolute Gasteiger partial charge is 0.0586 e. The highest BCUT2D eigenvalue weighted by atomic mass is 16.3. The standard InChI is InChI=1S/C9H19NO/c1-2-6-10-7-4-3-5-9(10)8-11/h9,11H,2-8H2,1H3. The maximum atomic E-state index is 9.05. The van der Waals surface area contributed by atoms with E-state index in [4.69, 9.17) is 5.11 Å². The molecule has 66 valence electrons. The van der Waals surface area contributed by atoms with E-state index in [0.29, 0.717) is 12.6 Å². The van der Waals surface area contributed by atoms with Crippen LogP contribution in [-0.2, 0) is 0 Å². The van der Waals surface area contributed by atoms with Gasteiger partial charge in [0.25, 0.3) is 0 Å². The van der Waals surface area contributed by atoms with Gasteiger partial charge in [-0.2, -0.15) is 0 Å². The van der Waals surface area contributed by atoms with Gasteiger partial charge in [-0.25, -0.2) is 0 Å². The van der Waals surface area contributed by atoms with E-state index in [2.05, 4.69) is 11.8 Å². The molecule has 1 unspecified atom stereocenters. The molecule has 1 aliphatic heterocycles. The number of nitrogens with zero attached hydrogens (tertiary/aromatic N) is 1. The molecule has 0 radical (unpaired) electrons. The van der Waals surface area contributed by atoms with Gasteiger partial charge in [-0.05, 0) is 32.4 Å². The zero-order valence-corrected chi connectivity index (χ0v) is 7.42. The third-order valence-electron chi connectivity index (χ3n) is 2.47. The highest BCUT2D eigenvalue weighted by molar-refractivity contribution is 4.75. The second-order valence-corrected chi connectivity index (χ2v) is 3.37. The van der Waals surface area contributed by atoms with Crippen molar-refractivity contribution in [1.29, 1.82) is 0 Å². The predicted molar refractivity (Wildman–Crippen MR) is 46.6 cm³/mol. The first kappa shape index (κ1) is 9.01. The van der Waals surface area contributed by atoms with Crippen molar-refractivity contribution in [3.05, 3.63) is 0 Å². The van der Waals surface area contributed by atoms with Gasteiger partial charge >= 0.3 is 0 Å². The van der Waals surface area contributed by atoms with Crippen LogP contribution >= 0.6 is 0 Å². The normalized spacial score (nSPS) is 27.3. The Balaban J connectivity index is 2.31. The molecule has 0 aromatic rings. The van der Waals surface area contributed by atoms with Gasteiger partial charge in [0.15, 0.2) is 0 Å². The number of hydrogen-bond acceptors (Lipinski definition) is 2. The Kier molecular flexibility index (Phi) is 3.87. The van der Waals surface area contributed by atoms with Crippen LogP contribution in [0.4, 0.5) is 0 Å². The molecule has 0 bridgehead atoms. The van der Waals surface area contributed by atoms with Crippen LogP contribution in [0.2, 0.25) is 0 Å². The summed E-state index contributed by atoms with van der Waals surface area (Å²) in [7, 11) is 0. The van der Waals surface area contributed by atoms with Gasteiger partial charge in [0.2, 0.25) is 0 Å². The summed E-state index contributed by atoms with van der Waals surface area (Å²) < 4.78 is 0. The number of aliphatic hydroxyl groups is 1. The summed E-state index contributed by atoms with van der Waals surface area (Å²) in [5, 5.41) is 9.05. The van der Waals surface area contributed by atoms with Crippen LogP contribution < -0.4 is 0 Å². The van der Waals surface area contributed by atoms with E-state index >= 15 is 0 Å². The summed E-state index contributed by atoms with van der Waals surface area (Å²) in [6.45, 7) is 4.90. The molecule has 1 heterocycles. The second-order valence-electron chi connectivity index (χ2n) is 3.37. The molecule has 1 N–H and O–H groups in total. The van der Waals surface area contributed by atoms with Crippen molar-refractivity contribution in [2.75, 3.05) is 19.7 Å².